The molecule has 0 aliphatic carbocycles. The fraction of sp³-hybridized carbons (Fsp3) is 0.143. The molecular weight excluding hydrogens is 368 g/mol. The first kappa shape index (κ1) is 9.67. The maximum atomic E-state index is 6.08. The summed E-state index contributed by atoms with van der Waals surface area (Å²) in [7, 11) is 1.87. The summed E-state index contributed by atoms with van der Waals surface area (Å²) in [6.07, 6.45) is 1.75. The highest BCUT2D eigenvalue weighted by atomic mass is 127. The normalized spacial score (nSPS) is 11.1. The molecule has 2 rings (SSSR count). The first-order chi connectivity index (χ1) is 6.11. The van der Waals surface area contributed by atoms with Gasteiger partial charge in [-0.05, 0) is 38.5 Å². The van der Waals surface area contributed by atoms with Crippen LogP contribution in [0.5, 0.6) is 0 Å². The zero-order valence-corrected chi connectivity index (χ0v) is 11.1. The van der Waals surface area contributed by atoms with Gasteiger partial charge in [0.15, 0.2) is 0 Å². The molecule has 0 aliphatic rings. The van der Waals surface area contributed by atoms with Gasteiger partial charge in [-0.3, -0.25) is 4.68 Å². The van der Waals surface area contributed by atoms with Gasteiger partial charge >= 0.3 is 0 Å². The molecular formula is C7H4BrClIN3. The number of fused-ring (bicyclic) bond motifs is 1. The first-order valence-electron chi connectivity index (χ1n) is 3.43. The minimum Gasteiger partial charge on any atom is -0.265 e. The second-order valence-electron chi connectivity index (χ2n) is 2.54. The number of aromatic nitrogens is 3. The largest absolute Gasteiger partial charge is 0.265 e. The maximum absolute atomic E-state index is 6.08. The van der Waals surface area contributed by atoms with E-state index in [-0.39, 0.29) is 0 Å². The van der Waals surface area contributed by atoms with Gasteiger partial charge in [0, 0.05) is 7.05 Å². The lowest BCUT2D eigenvalue weighted by atomic mass is 10.3. The highest BCUT2D eigenvalue weighted by Gasteiger charge is 2.12. The highest BCUT2D eigenvalue weighted by Crippen LogP contribution is 2.31. The van der Waals surface area contributed by atoms with Crippen LogP contribution in [0.2, 0.25) is 5.02 Å². The summed E-state index contributed by atoms with van der Waals surface area (Å²) >= 11 is 11.5. The second kappa shape index (κ2) is 3.36. The fourth-order valence-corrected chi connectivity index (χ4v) is 2.70. The number of hydrogen-bond acceptors (Lipinski definition) is 2. The van der Waals surface area contributed by atoms with Gasteiger partial charge in [0.1, 0.15) is 8.30 Å². The van der Waals surface area contributed by atoms with Gasteiger partial charge in [0.2, 0.25) is 0 Å². The van der Waals surface area contributed by atoms with E-state index in [0.717, 1.165) is 14.6 Å². The average Bonchev–Trinajstić information content (AvgIpc) is 2.35. The monoisotopic (exact) mass is 371 g/mol. The van der Waals surface area contributed by atoms with Gasteiger partial charge < -0.3 is 0 Å². The molecule has 0 fully saturated rings. The van der Waals surface area contributed by atoms with Crippen LogP contribution in [-0.2, 0) is 7.05 Å². The summed E-state index contributed by atoms with van der Waals surface area (Å²) in [4.78, 5) is 4.10. The molecule has 6 heteroatoms. The number of nitrogens with zero attached hydrogens (tertiary/aromatic N) is 3. The second-order valence-corrected chi connectivity index (χ2v) is 4.69. The van der Waals surface area contributed by atoms with E-state index in [9.17, 15) is 0 Å². The van der Waals surface area contributed by atoms with Gasteiger partial charge in [0.25, 0.3) is 0 Å². The minimum atomic E-state index is 0.620. The number of rotatable bonds is 0. The van der Waals surface area contributed by atoms with Crippen molar-refractivity contribution in [3.8, 4) is 0 Å². The van der Waals surface area contributed by atoms with E-state index in [4.69, 9.17) is 11.6 Å². The number of aryl methyl sites for hydroxylation is 1. The molecule has 68 valence electrons. The Morgan fingerprint density at radius 1 is 1.62 bits per heavy atom. The van der Waals surface area contributed by atoms with Crippen LogP contribution in [0, 0.1) is 3.70 Å². The van der Waals surface area contributed by atoms with Gasteiger partial charge in [-0.15, -0.1) is 0 Å². The summed E-state index contributed by atoms with van der Waals surface area (Å²) in [5.41, 5.74) is 0.942. The van der Waals surface area contributed by atoms with E-state index in [1.807, 2.05) is 7.05 Å². The third-order valence-corrected chi connectivity index (χ3v) is 3.70. The molecule has 0 atom stereocenters. The quantitative estimate of drug-likeness (QED) is 0.526. The van der Waals surface area contributed by atoms with Crippen LogP contribution in [0.3, 0.4) is 0 Å². The third-order valence-electron chi connectivity index (χ3n) is 1.75. The van der Waals surface area contributed by atoms with Crippen molar-refractivity contribution in [1.29, 1.82) is 0 Å². The maximum Gasteiger partial charge on any atom is 0.132 e. The molecule has 2 aromatic rings. The molecule has 0 aliphatic heterocycles. The van der Waals surface area contributed by atoms with E-state index in [2.05, 4.69) is 48.6 Å². The van der Waals surface area contributed by atoms with Crippen molar-refractivity contribution in [3.63, 3.8) is 0 Å². The van der Waals surface area contributed by atoms with Crippen LogP contribution in [0.1, 0.15) is 0 Å². The van der Waals surface area contributed by atoms with E-state index in [1.165, 1.54) is 0 Å². The van der Waals surface area contributed by atoms with Gasteiger partial charge in [0.05, 0.1) is 22.1 Å². The molecule has 0 aromatic carbocycles. The summed E-state index contributed by atoms with van der Waals surface area (Å²) in [6.45, 7) is 0. The molecule has 0 spiro atoms. The Bertz CT molecular complexity index is 482. The molecule has 3 nitrogen and oxygen atoms in total. The van der Waals surface area contributed by atoms with Crippen molar-refractivity contribution < 1.29 is 0 Å². The summed E-state index contributed by atoms with van der Waals surface area (Å²) in [5.74, 6) is 0. The summed E-state index contributed by atoms with van der Waals surface area (Å²) in [6, 6.07) is 0. The number of pyridine rings is 1. The van der Waals surface area contributed by atoms with Crippen LogP contribution in [0.15, 0.2) is 10.8 Å². The van der Waals surface area contributed by atoms with Crippen molar-refractivity contribution in [2.24, 2.45) is 7.05 Å². The molecule has 13 heavy (non-hydrogen) atoms. The molecule has 0 amide bonds. The van der Waals surface area contributed by atoms with Crippen molar-refractivity contribution in [3.05, 3.63) is 19.5 Å². The summed E-state index contributed by atoms with van der Waals surface area (Å²) < 4.78 is 3.32. The third kappa shape index (κ3) is 1.46. The molecule has 0 unspecified atom stereocenters. The van der Waals surface area contributed by atoms with E-state index in [1.54, 1.807) is 10.9 Å². The molecule has 0 saturated heterocycles. The minimum absolute atomic E-state index is 0.620. The van der Waals surface area contributed by atoms with Crippen LogP contribution in [0.4, 0.5) is 0 Å². The van der Waals surface area contributed by atoms with Gasteiger partial charge in [-0.25, -0.2) is 4.98 Å². The number of halogens is 3. The number of hydrogen-bond donors (Lipinski definition) is 0. The predicted octanol–water partition coefficient (Wildman–Crippen LogP) is 2.99. The lowest BCUT2D eigenvalue weighted by molar-refractivity contribution is 0.786. The Morgan fingerprint density at radius 3 is 3.00 bits per heavy atom. The van der Waals surface area contributed by atoms with Gasteiger partial charge in [-0.1, -0.05) is 11.6 Å². The first-order valence-corrected chi connectivity index (χ1v) is 5.68. The average molecular weight is 372 g/mol. The summed E-state index contributed by atoms with van der Waals surface area (Å²) in [5, 5.41) is 5.82. The van der Waals surface area contributed by atoms with Crippen molar-refractivity contribution >= 4 is 61.0 Å². The van der Waals surface area contributed by atoms with Crippen LogP contribution < -0.4 is 0 Å². The molecule has 2 heterocycles. The van der Waals surface area contributed by atoms with E-state index < -0.39 is 0 Å². The lowest BCUT2D eigenvalue weighted by Crippen LogP contribution is -1.89. The smallest absolute Gasteiger partial charge is 0.132 e. The molecule has 0 bridgehead atoms. The van der Waals surface area contributed by atoms with Crippen LogP contribution in [0.25, 0.3) is 10.9 Å². The van der Waals surface area contributed by atoms with Crippen molar-refractivity contribution in [1.82, 2.24) is 14.8 Å². The lowest BCUT2D eigenvalue weighted by Gasteiger charge is -1.97. The standard InChI is InChI=1S/C7H4BrClIN3/c1-13-3-2-11-6(8)5(9)4(3)7(10)12-13/h2H,1H3. The Kier molecular flexibility index (Phi) is 2.50. The van der Waals surface area contributed by atoms with Crippen LogP contribution >= 0.6 is 50.1 Å². The Labute approximate surface area is 102 Å². The van der Waals surface area contributed by atoms with Crippen molar-refractivity contribution in [2.45, 2.75) is 0 Å². The Morgan fingerprint density at radius 2 is 2.31 bits per heavy atom. The molecule has 0 N–H and O–H groups in total. The van der Waals surface area contributed by atoms with Crippen molar-refractivity contribution in [2.75, 3.05) is 0 Å². The van der Waals surface area contributed by atoms with Crippen LogP contribution in [-0.4, -0.2) is 14.8 Å². The molecule has 2 aromatic heterocycles. The topological polar surface area (TPSA) is 30.7 Å². The highest BCUT2D eigenvalue weighted by molar-refractivity contribution is 14.1. The molecule has 0 saturated carbocycles. The Balaban J connectivity index is 2.98. The molecule has 0 radical (unpaired) electrons. The van der Waals surface area contributed by atoms with E-state index >= 15 is 0 Å². The zero-order chi connectivity index (χ0) is 9.59. The fourth-order valence-electron chi connectivity index (χ4n) is 1.13. The zero-order valence-electron chi connectivity index (χ0n) is 6.55. The Hall–Kier alpha value is 0.120. The SMILES string of the molecule is Cn1nc(I)c2c(Cl)c(Br)ncc21. The predicted molar refractivity (Wildman–Crippen MR) is 63.9 cm³/mol. The van der Waals surface area contributed by atoms with Gasteiger partial charge in [-0.2, -0.15) is 5.10 Å². The van der Waals surface area contributed by atoms with E-state index in [0.29, 0.717) is 9.63 Å².